The zero-order valence-electron chi connectivity index (χ0n) is 5.49. The second kappa shape index (κ2) is 2.74. The summed E-state index contributed by atoms with van der Waals surface area (Å²) in [7, 11) is 0. The Balaban J connectivity index is 3.34. The second-order valence-electron chi connectivity index (χ2n) is 2.08. The van der Waals surface area contributed by atoms with Crippen LogP contribution in [0.3, 0.4) is 0 Å². The van der Waals surface area contributed by atoms with Crippen LogP contribution < -0.4 is 5.73 Å². The molecule has 0 aliphatic carbocycles. The van der Waals surface area contributed by atoms with Crippen LogP contribution in [0.1, 0.15) is 5.56 Å². The molecule has 2 N–H and O–H groups in total. The molecule has 1 nitrogen and oxygen atoms in total. The fraction of sp³-hybridized carbons (Fsp3) is 0.143. The van der Waals surface area contributed by atoms with Gasteiger partial charge in [0, 0.05) is 14.8 Å². The van der Waals surface area contributed by atoms with Gasteiger partial charge in [0.1, 0.15) is 5.82 Å². The van der Waals surface area contributed by atoms with Gasteiger partial charge in [-0.15, -0.1) is 0 Å². The summed E-state index contributed by atoms with van der Waals surface area (Å²) in [5, 5.41) is 0. The summed E-state index contributed by atoms with van der Waals surface area (Å²) >= 11 is 1.94. The van der Waals surface area contributed by atoms with Gasteiger partial charge >= 0.3 is 0 Å². The third-order valence-electron chi connectivity index (χ3n) is 1.38. The minimum absolute atomic E-state index is 0.208. The van der Waals surface area contributed by atoms with Crippen LogP contribution >= 0.6 is 22.6 Å². The Morgan fingerprint density at radius 3 is 2.60 bits per heavy atom. The van der Waals surface area contributed by atoms with Crippen LogP contribution in [0.4, 0.5) is 10.1 Å². The van der Waals surface area contributed by atoms with Crippen LogP contribution in [-0.4, -0.2) is 0 Å². The summed E-state index contributed by atoms with van der Waals surface area (Å²) in [6.45, 7) is 1.67. The maximum Gasteiger partial charge on any atom is 0.141 e. The van der Waals surface area contributed by atoms with Crippen molar-refractivity contribution in [3.8, 4) is 0 Å². The molecule has 0 heterocycles. The van der Waals surface area contributed by atoms with Gasteiger partial charge in [-0.25, -0.2) is 4.39 Å². The normalized spacial score (nSPS) is 9.90. The number of hydrogen-bond acceptors (Lipinski definition) is 1. The van der Waals surface area contributed by atoms with Gasteiger partial charge < -0.3 is 5.73 Å². The average molecular weight is 251 g/mol. The maximum absolute atomic E-state index is 12.9. The first kappa shape index (κ1) is 7.78. The van der Waals surface area contributed by atoms with Crippen LogP contribution in [0.15, 0.2) is 12.1 Å². The van der Waals surface area contributed by atoms with E-state index in [9.17, 15) is 4.39 Å². The molecule has 0 fully saturated rings. The summed E-state index contributed by atoms with van der Waals surface area (Å²) < 4.78 is 13.5. The monoisotopic (exact) mass is 251 g/mol. The van der Waals surface area contributed by atoms with Crippen molar-refractivity contribution in [2.75, 3.05) is 5.73 Å². The highest BCUT2D eigenvalue weighted by molar-refractivity contribution is 14.1. The number of nitrogens with two attached hydrogens (primary N) is 1. The van der Waals surface area contributed by atoms with Crippen molar-refractivity contribution in [3.05, 3.63) is 27.1 Å². The zero-order valence-corrected chi connectivity index (χ0v) is 7.65. The third kappa shape index (κ3) is 1.23. The second-order valence-corrected chi connectivity index (χ2v) is 3.24. The highest BCUT2D eigenvalue weighted by Crippen LogP contribution is 2.19. The summed E-state index contributed by atoms with van der Waals surface area (Å²) in [6, 6.07) is 3.37. The van der Waals surface area contributed by atoms with Crippen molar-refractivity contribution >= 4 is 28.3 Å². The van der Waals surface area contributed by atoms with Crippen molar-refractivity contribution in [2.24, 2.45) is 0 Å². The van der Waals surface area contributed by atoms with E-state index in [-0.39, 0.29) is 5.82 Å². The number of rotatable bonds is 0. The lowest BCUT2D eigenvalue weighted by Gasteiger charge is -2.01. The SMILES string of the molecule is Cc1c(N)ccc(I)c1F. The summed E-state index contributed by atoms with van der Waals surface area (Å²) in [4.78, 5) is 0. The van der Waals surface area contributed by atoms with Gasteiger partial charge in [0.15, 0.2) is 0 Å². The van der Waals surface area contributed by atoms with E-state index in [4.69, 9.17) is 5.73 Å². The molecule has 3 heteroatoms. The van der Waals surface area contributed by atoms with Gasteiger partial charge in [-0.3, -0.25) is 0 Å². The van der Waals surface area contributed by atoms with Gasteiger partial charge in [-0.05, 0) is 41.6 Å². The summed E-state index contributed by atoms with van der Waals surface area (Å²) in [6.07, 6.45) is 0. The fourth-order valence-corrected chi connectivity index (χ4v) is 1.25. The number of nitrogen functional groups attached to an aromatic ring is 1. The van der Waals surface area contributed by atoms with E-state index >= 15 is 0 Å². The molecule has 54 valence electrons. The van der Waals surface area contributed by atoms with E-state index in [0.29, 0.717) is 14.8 Å². The Hall–Kier alpha value is -0.320. The van der Waals surface area contributed by atoms with E-state index in [2.05, 4.69) is 0 Å². The number of anilines is 1. The maximum atomic E-state index is 12.9. The Labute approximate surface area is 72.6 Å². The van der Waals surface area contributed by atoms with Crippen LogP contribution in [0.5, 0.6) is 0 Å². The molecule has 0 saturated heterocycles. The molecule has 0 aliphatic heterocycles. The smallest absolute Gasteiger partial charge is 0.141 e. The molecule has 1 rings (SSSR count). The highest BCUT2D eigenvalue weighted by atomic mass is 127. The number of halogens is 2. The molecule has 0 aliphatic rings. The van der Waals surface area contributed by atoms with E-state index < -0.39 is 0 Å². The molecule has 0 bridgehead atoms. The van der Waals surface area contributed by atoms with Crippen molar-refractivity contribution in [3.63, 3.8) is 0 Å². The Morgan fingerprint density at radius 2 is 2.10 bits per heavy atom. The first-order valence-corrected chi connectivity index (χ1v) is 3.91. The molecule has 1 aromatic rings. The molecule has 10 heavy (non-hydrogen) atoms. The van der Waals surface area contributed by atoms with Crippen molar-refractivity contribution < 1.29 is 4.39 Å². The van der Waals surface area contributed by atoms with Gasteiger partial charge in [-0.2, -0.15) is 0 Å². The van der Waals surface area contributed by atoms with Crippen LogP contribution in [0.2, 0.25) is 0 Å². The minimum Gasteiger partial charge on any atom is -0.398 e. The van der Waals surface area contributed by atoms with E-state index in [0.717, 1.165) is 0 Å². The Morgan fingerprint density at radius 1 is 1.50 bits per heavy atom. The number of benzene rings is 1. The molecule has 0 unspecified atom stereocenters. The molecular weight excluding hydrogens is 244 g/mol. The predicted molar refractivity (Wildman–Crippen MR) is 48.3 cm³/mol. The lowest BCUT2D eigenvalue weighted by molar-refractivity contribution is 0.612. The van der Waals surface area contributed by atoms with Crippen LogP contribution in [-0.2, 0) is 0 Å². The third-order valence-corrected chi connectivity index (χ3v) is 2.21. The predicted octanol–water partition coefficient (Wildman–Crippen LogP) is 2.32. The average Bonchev–Trinajstić information content (AvgIpc) is 1.93. The van der Waals surface area contributed by atoms with Crippen molar-refractivity contribution in [1.82, 2.24) is 0 Å². The Kier molecular flexibility index (Phi) is 2.13. The minimum atomic E-state index is -0.208. The molecule has 0 radical (unpaired) electrons. The van der Waals surface area contributed by atoms with Crippen molar-refractivity contribution in [2.45, 2.75) is 6.92 Å². The first-order valence-electron chi connectivity index (χ1n) is 2.83. The molecule has 0 aromatic heterocycles. The summed E-state index contributed by atoms with van der Waals surface area (Å²) in [5.74, 6) is -0.208. The fourth-order valence-electron chi connectivity index (χ4n) is 0.667. The lowest BCUT2D eigenvalue weighted by atomic mass is 10.2. The standard InChI is InChI=1S/C7H7FIN/c1-4-6(10)3-2-5(9)7(4)8/h2-3H,10H2,1H3. The number of hydrogen-bond donors (Lipinski definition) is 1. The van der Waals surface area contributed by atoms with Gasteiger partial charge in [-0.1, -0.05) is 0 Å². The summed E-state index contributed by atoms with van der Waals surface area (Å²) in [5.41, 5.74) is 6.49. The van der Waals surface area contributed by atoms with E-state index in [1.807, 2.05) is 22.6 Å². The molecule has 0 amide bonds. The van der Waals surface area contributed by atoms with Gasteiger partial charge in [0.2, 0.25) is 0 Å². The first-order chi connectivity index (χ1) is 4.63. The molecule has 0 saturated carbocycles. The molecule has 1 aromatic carbocycles. The van der Waals surface area contributed by atoms with E-state index in [1.165, 1.54) is 0 Å². The zero-order chi connectivity index (χ0) is 7.72. The Bertz CT molecular complexity index is 233. The topological polar surface area (TPSA) is 26.0 Å². The molecule has 0 atom stereocenters. The van der Waals surface area contributed by atoms with E-state index in [1.54, 1.807) is 19.1 Å². The van der Waals surface area contributed by atoms with Gasteiger partial charge in [0.05, 0.1) is 0 Å². The van der Waals surface area contributed by atoms with Crippen molar-refractivity contribution in [1.29, 1.82) is 0 Å². The molecule has 0 spiro atoms. The lowest BCUT2D eigenvalue weighted by Crippen LogP contribution is -1.94. The highest BCUT2D eigenvalue weighted by Gasteiger charge is 2.03. The van der Waals surface area contributed by atoms with Crippen LogP contribution in [0, 0.1) is 16.3 Å². The molecular formula is C7H7FIN. The largest absolute Gasteiger partial charge is 0.398 e. The van der Waals surface area contributed by atoms with Crippen LogP contribution in [0.25, 0.3) is 0 Å². The van der Waals surface area contributed by atoms with Gasteiger partial charge in [0.25, 0.3) is 0 Å². The quantitative estimate of drug-likeness (QED) is 0.555.